The van der Waals surface area contributed by atoms with Crippen LogP contribution in [0.3, 0.4) is 0 Å². The van der Waals surface area contributed by atoms with Gasteiger partial charge in [0.1, 0.15) is 5.75 Å². The smallest absolute Gasteiger partial charge is 0.257 e. The van der Waals surface area contributed by atoms with Crippen LogP contribution in [-0.4, -0.2) is 50.0 Å². The highest BCUT2D eigenvalue weighted by molar-refractivity contribution is 6.31. The first-order valence-electron chi connectivity index (χ1n) is 7.67. The summed E-state index contributed by atoms with van der Waals surface area (Å²) >= 11 is 5.99. The molecule has 1 heterocycles. The maximum atomic E-state index is 12.7. The van der Waals surface area contributed by atoms with E-state index in [1.807, 2.05) is 0 Å². The van der Waals surface area contributed by atoms with E-state index in [0.717, 1.165) is 12.8 Å². The summed E-state index contributed by atoms with van der Waals surface area (Å²) in [6, 6.07) is 4.95. The van der Waals surface area contributed by atoms with Gasteiger partial charge in [0.2, 0.25) is 5.91 Å². The van der Waals surface area contributed by atoms with Crippen molar-refractivity contribution in [3.8, 4) is 5.75 Å². The average Bonchev–Trinajstić information content (AvgIpc) is 2.59. The van der Waals surface area contributed by atoms with E-state index in [2.05, 4.69) is 5.32 Å². The lowest BCUT2D eigenvalue weighted by atomic mass is 9.96. The molecule has 1 aliphatic heterocycles. The Labute approximate surface area is 140 Å². The van der Waals surface area contributed by atoms with Gasteiger partial charge in [0.15, 0.2) is 0 Å². The second-order valence-corrected chi connectivity index (χ2v) is 5.95. The Kier molecular flexibility index (Phi) is 6.24. The van der Waals surface area contributed by atoms with Gasteiger partial charge >= 0.3 is 0 Å². The van der Waals surface area contributed by atoms with Gasteiger partial charge in [-0.1, -0.05) is 11.6 Å². The molecule has 0 aromatic heterocycles. The maximum Gasteiger partial charge on any atom is 0.257 e. The van der Waals surface area contributed by atoms with Crippen LogP contribution >= 0.6 is 11.6 Å². The number of halogens is 1. The highest BCUT2D eigenvalue weighted by Crippen LogP contribution is 2.26. The number of benzene rings is 1. The fraction of sp³-hybridized carbons (Fsp3) is 0.500. The SMILES string of the molecule is COc1ccc(Cl)cc1C(=O)N1CCCC(C(=O)NCCN)C1. The molecule has 0 aliphatic carbocycles. The number of nitrogens with one attached hydrogen (secondary N) is 1. The molecule has 0 saturated carbocycles. The summed E-state index contributed by atoms with van der Waals surface area (Å²) in [5, 5.41) is 3.26. The molecule has 1 unspecified atom stereocenters. The number of methoxy groups -OCH3 is 1. The molecule has 1 aliphatic rings. The topological polar surface area (TPSA) is 84.7 Å². The van der Waals surface area contributed by atoms with Gasteiger partial charge in [0, 0.05) is 31.2 Å². The Morgan fingerprint density at radius 2 is 2.26 bits per heavy atom. The standard InChI is InChI=1S/C16H22ClN3O3/c1-23-14-5-4-12(17)9-13(14)16(22)20-8-2-3-11(10-20)15(21)19-7-6-18/h4-5,9,11H,2-3,6-8,10,18H2,1H3,(H,19,21). The highest BCUT2D eigenvalue weighted by atomic mass is 35.5. The van der Waals surface area contributed by atoms with Crippen LogP contribution in [0.25, 0.3) is 0 Å². The summed E-state index contributed by atoms with van der Waals surface area (Å²) in [4.78, 5) is 26.5. The number of ether oxygens (including phenoxy) is 1. The quantitative estimate of drug-likeness (QED) is 0.846. The predicted octanol–water partition coefficient (Wildman–Crippen LogP) is 1.28. The molecule has 126 valence electrons. The van der Waals surface area contributed by atoms with Gasteiger partial charge in [0.25, 0.3) is 5.91 Å². The first-order valence-corrected chi connectivity index (χ1v) is 8.05. The fourth-order valence-corrected chi connectivity index (χ4v) is 2.91. The Balaban J connectivity index is 2.10. The Hall–Kier alpha value is -1.79. The van der Waals surface area contributed by atoms with Crippen LogP contribution < -0.4 is 15.8 Å². The van der Waals surface area contributed by atoms with E-state index in [1.165, 1.54) is 7.11 Å². The van der Waals surface area contributed by atoms with Crippen LogP contribution in [0.2, 0.25) is 5.02 Å². The van der Waals surface area contributed by atoms with Gasteiger partial charge in [-0.05, 0) is 31.0 Å². The summed E-state index contributed by atoms with van der Waals surface area (Å²) in [5.41, 5.74) is 5.82. The van der Waals surface area contributed by atoms with E-state index in [0.29, 0.717) is 42.5 Å². The predicted molar refractivity (Wildman–Crippen MR) is 88.7 cm³/mol. The molecule has 2 amide bonds. The Morgan fingerprint density at radius 1 is 1.48 bits per heavy atom. The van der Waals surface area contributed by atoms with Gasteiger partial charge in [-0.25, -0.2) is 0 Å². The maximum absolute atomic E-state index is 12.7. The number of hydrogen-bond acceptors (Lipinski definition) is 4. The minimum Gasteiger partial charge on any atom is -0.496 e. The van der Waals surface area contributed by atoms with Crippen LogP contribution in [0.5, 0.6) is 5.75 Å². The largest absolute Gasteiger partial charge is 0.496 e. The zero-order valence-corrected chi connectivity index (χ0v) is 13.9. The van der Waals surface area contributed by atoms with Crippen molar-refractivity contribution in [3.63, 3.8) is 0 Å². The van der Waals surface area contributed by atoms with Crippen molar-refractivity contribution in [2.24, 2.45) is 11.7 Å². The number of carbonyl (C=O) groups excluding carboxylic acids is 2. The van der Waals surface area contributed by atoms with E-state index < -0.39 is 0 Å². The number of rotatable bonds is 5. The summed E-state index contributed by atoms with van der Waals surface area (Å²) in [5.74, 6) is 0.0604. The molecule has 0 radical (unpaired) electrons. The molecular weight excluding hydrogens is 318 g/mol. The molecule has 7 heteroatoms. The van der Waals surface area contributed by atoms with Crippen molar-refractivity contribution < 1.29 is 14.3 Å². The number of carbonyl (C=O) groups is 2. The summed E-state index contributed by atoms with van der Waals surface area (Å²) < 4.78 is 5.24. The molecular formula is C16H22ClN3O3. The van der Waals surface area contributed by atoms with Crippen molar-refractivity contribution in [3.05, 3.63) is 28.8 Å². The lowest BCUT2D eigenvalue weighted by molar-refractivity contribution is -0.126. The molecule has 1 atom stereocenters. The molecule has 1 aromatic carbocycles. The Morgan fingerprint density at radius 3 is 2.96 bits per heavy atom. The Bertz CT molecular complexity index is 580. The third-order valence-corrected chi connectivity index (χ3v) is 4.15. The fourth-order valence-electron chi connectivity index (χ4n) is 2.73. The summed E-state index contributed by atoms with van der Waals surface area (Å²) in [6.07, 6.45) is 1.56. The van der Waals surface area contributed by atoms with Crippen LogP contribution in [0, 0.1) is 5.92 Å². The van der Waals surface area contributed by atoms with Crippen LogP contribution in [-0.2, 0) is 4.79 Å². The van der Waals surface area contributed by atoms with Crippen molar-refractivity contribution >= 4 is 23.4 Å². The third kappa shape index (κ3) is 4.36. The van der Waals surface area contributed by atoms with E-state index in [-0.39, 0.29) is 17.7 Å². The first kappa shape index (κ1) is 17.6. The average molecular weight is 340 g/mol. The lowest BCUT2D eigenvalue weighted by Crippen LogP contribution is -2.46. The van der Waals surface area contributed by atoms with Crippen molar-refractivity contribution in [2.75, 3.05) is 33.3 Å². The number of piperidine rings is 1. The molecule has 1 aromatic rings. The van der Waals surface area contributed by atoms with Gasteiger partial charge in [0.05, 0.1) is 18.6 Å². The zero-order chi connectivity index (χ0) is 16.8. The zero-order valence-electron chi connectivity index (χ0n) is 13.2. The van der Waals surface area contributed by atoms with E-state index in [4.69, 9.17) is 22.1 Å². The van der Waals surface area contributed by atoms with Crippen molar-refractivity contribution in [1.82, 2.24) is 10.2 Å². The van der Waals surface area contributed by atoms with Gasteiger partial charge in [-0.15, -0.1) is 0 Å². The molecule has 3 N–H and O–H groups in total. The number of likely N-dealkylation sites (tertiary alicyclic amines) is 1. The van der Waals surface area contributed by atoms with E-state index in [1.54, 1.807) is 23.1 Å². The van der Waals surface area contributed by atoms with Crippen LogP contribution in [0.4, 0.5) is 0 Å². The molecule has 0 bridgehead atoms. The second-order valence-electron chi connectivity index (χ2n) is 5.51. The number of nitrogens with zero attached hydrogens (tertiary/aromatic N) is 1. The lowest BCUT2D eigenvalue weighted by Gasteiger charge is -2.32. The molecule has 1 fully saturated rings. The number of hydrogen-bond donors (Lipinski definition) is 2. The normalized spacial score (nSPS) is 17.7. The van der Waals surface area contributed by atoms with Gasteiger partial charge in [-0.3, -0.25) is 9.59 Å². The highest BCUT2D eigenvalue weighted by Gasteiger charge is 2.29. The minimum atomic E-state index is -0.204. The molecule has 6 nitrogen and oxygen atoms in total. The van der Waals surface area contributed by atoms with Crippen molar-refractivity contribution in [2.45, 2.75) is 12.8 Å². The number of nitrogens with two attached hydrogens (primary N) is 1. The van der Waals surface area contributed by atoms with E-state index >= 15 is 0 Å². The van der Waals surface area contributed by atoms with E-state index in [9.17, 15) is 9.59 Å². The minimum absolute atomic E-state index is 0.0500. The van der Waals surface area contributed by atoms with Gasteiger partial charge in [-0.2, -0.15) is 0 Å². The van der Waals surface area contributed by atoms with Crippen molar-refractivity contribution in [1.29, 1.82) is 0 Å². The molecule has 1 saturated heterocycles. The molecule has 0 spiro atoms. The molecule has 2 rings (SSSR count). The van der Waals surface area contributed by atoms with Gasteiger partial charge < -0.3 is 20.7 Å². The number of amides is 2. The molecule has 23 heavy (non-hydrogen) atoms. The van der Waals surface area contributed by atoms with Crippen LogP contribution in [0.15, 0.2) is 18.2 Å². The summed E-state index contributed by atoms with van der Waals surface area (Å²) in [6.45, 7) is 1.87. The second kappa shape index (κ2) is 8.17. The first-order chi connectivity index (χ1) is 11.1. The third-order valence-electron chi connectivity index (χ3n) is 3.91. The summed E-state index contributed by atoms with van der Waals surface area (Å²) in [7, 11) is 1.51. The van der Waals surface area contributed by atoms with Crippen LogP contribution in [0.1, 0.15) is 23.2 Å². The monoisotopic (exact) mass is 339 g/mol.